The average molecular weight is 270 g/mol. The van der Waals surface area contributed by atoms with Gasteiger partial charge in [-0.25, -0.2) is 0 Å². The molecule has 106 valence electrons. The van der Waals surface area contributed by atoms with E-state index in [0.29, 0.717) is 11.8 Å². The van der Waals surface area contributed by atoms with E-state index in [1.165, 1.54) is 0 Å². The molecule has 1 aromatic heterocycles. The summed E-state index contributed by atoms with van der Waals surface area (Å²) in [6.45, 7) is 3.16. The van der Waals surface area contributed by atoms with Crippen LogP contribution >= 0.6 is 0 Å². The molecule has 0 aliphatic rings. The molecule has 2 aromatic rings. The van der Waals surface area contributed by atoms with Crippen LogP contribution in [0.15, 0.2) is 48.7 Å². The smallest absolute Gasteiger partial charge is 0.115 e. The molecule has 0 radical (unpaired) electrons. The van der Waals surface area contributed by atoms with E-state index in [9.17, 15) is 5.11 Å². The number of hydrogen-bond donors (Lipinski definition) is 2. The zero-order valence-electron chi connectivity index (χ0n) is 11.9. The van der Waals surface area contributed by atoms with Crippen molar-refractivity contribution in [2.24, 2.45) is 0 Å². The van der Waals surface area contributed by atoms with E-state index >= 15 is 0 Å². The van der Waals surface area contributed by atoms with Gasteiger partial charge in [0.1, 0.15) is 5.75 Å². The number of nitrogens with zero attached hydrogens (tertiary/aromatic N) is 1. The summed E-state index contributed by atoms with van der Waals surface area (Å²) < 4.78 is 0. The van der Waals surface area contributed by atoms with Crippen molar-refractivity contribution < 1.29 is 5.11 Å². The van der Waals surface area contributed by atoms with Crippen molar-refractivity contribution in [2.45, 2.75) is 32.2 Å². The first-order chi connectivity index (χ1) is 9.78. The Hall–Kier alpha value is -1.87. The first kappa shape index (κ1) is 14.5. The second kappa shape index (κ2) is 7.65. The number of phenols is 1. The van der Waals surface area contributed by atoms with Gasteiger partial charge in [-0.05, 0) is 49.2 Å². The lowest BCUT2D eigenvalue weighted by Crippen LogP contribution is -2.34. The molecule has 20 heavy (non-hydrogen) atoms. The number of benzene rings is 1. The predicted molar refractivity (Wildman–Crippen MR) is 81.8 cm³/mol. The third-order valence-electron chi connectivity index (χ3n) is 3.26. The fourth-order valence-corrected chi connectivity index (χ4v) is 2.30. The number of hydrogen-bond acceptors (Lipinski definition) is 3. The Balaban J connectivity index is 2.03. The van der Waals surface area contributed by atoms with Gasteiger partial charge in [-0.15, -0.1) is 0 Å². The van der Waals surface area contributed by atoms with E-state index < -0.39 is 0 Å². The van der Waals surface area contributed by atoms with Crippen molar-refractivity contribution in [1.82, 2.24) is 10.3 Å². The maximum Gasteiger partial charge on any atom is 0.115 e. The van der Waals surface area contributed by atoms with Gasteiger partial charge in [0.25, 0.3) is 0 Å². The maximum atomic E-state index is 9.56. The van der Waals surface area contributed by atoms with Crippen LogP contribution in [0.3, 0.4) is 0 Å². The van der Waals surface area contributed by atoms with Gasteiger partial charge >= 0.3 is 0 Å². The Labute approximate surface area is 120 Å². The highest BCUT2D eigenvalue weighted by molar-refractivity contribution is 5.28. The Morgan fingerprint density at radius 3 is 2.75 bits per heavy atom. The summed E-state index contributed by atoms with van der Waals surface area (Å²) in [4.78, 5) is 4.40. The molecule has 3 heteroatoms. The van der Waals surface area contributed by atoms with Crippen molar-refractivity contribution in [2.75, 3.05) is 6.54 Å². The highest BCUT2D eigenvalue weighted by atomic mass is 16.3. The summed E-state index contributed by atoms with van der Waals surface area (Å²) in [5, 5.41) is 13.1. The van der Waals surface area contributed by atoms with Crippen LogP contribution in [-0.2, 0) is 12.8 Å². The Morgan fingerprint density at radius 1 is 1.15 bits per heavy atom. The van der Waals surface area contributed by atoms with Gasteiger partial charge in [-0.3, -0.25) is 4.98 Å². The standard InChI is InChI=1S/C17H22N2O/c1-2-9-18-16(13-15-7-3-4-10-19-15)11-14-6-5-8-17(20)12-14/h3-8,10,12,16,18,20H,2,9,11,13H2,1H3. The van der Waals surface area contributed by atoms with Crippen LogP contribution in [0.1, 0.15) is 24.6 Å². The van der Waals surface area contributed by atoms with Gasteiger partial charge in [0.2, 0.25) is 0 Å². The lowest BCUT2D eigenvalue weighted by Gasteiger charge is -2.18. The second-order valence-electron chi connectivity index (χ2n) is 5.05. The van der Waals surface area contributed by atoms with Crippen molar-refractivity contribution in [3.05, 3.63) is 59.9 Å². The van der Waals surface area contributed by atoms with E-state index in [0.717, 1.165) is 37.1 Å². The SMILES string of the molecule is CCCNC(Cc1cccc(O)c1)Cc1ccccn1. The van der Waals surface area contributed by atoms with Crippen LogP contribution in [0, 0.1) is 0 Å². The van der Waals surface area contributed by atoms with E-state index in [-0.39, 0.29) is 0 Å². The third-order valence-corrected chi connectivity index (χ3v) is 3.26. The molecule has 1 unspecified atom stereocenters. The summed E-state index contributed by atoms with van der Waals surface area (Å²) in [7, 11) is 0. The molecule has 0 amide bonds. The largest absolute Gasteiger partial charge is 0.508 e. The number of rotatable bonds is 7. The Bertz CT molecular complexity index is 513. The van der Waals surface area contributed by atoms with E-state index in [2.05, 4.69) is 29.4 Å². The first-order valence-electron chi connectivity index (χ1n) is 7.19. The quantitative estimate of drug-likeness (QED) is 0.813. The maximum absolute atomic E-state index is 9.56. The Kier molecular flexibility index (Phi) is 5.56. The molecule has 0 saturated carbocycles. The van der Waals surface area contributed by atoms with Crippen molar-refractivity contribution in [1.29, 1.82) is 0 Å². The molecule has 0 aliphatic heterocycles. The number of phenolic OH excluding ortho intramolecular Hbond substituents is 1. The minimum atomic E-state index is 0.328. The molecule has 1 aromatic carbocycles. The number of nitrogens with one attached hydrogen (secondary N) is 1. The molecule has 0 fully saturated rings. The first-order valence-corrected chi connectivity index (χ1v) is 7.19. The van der Waals surface area contributed by atoms with E-state index in [4.69, 9.17) is 0 Å². The van der Waals surface area contributed by atoms with Gasteiger partial charge in [0.05, 0.1) is 0 Å². The fourth-order valence-electron chi connectivity index (χ4n) is 2.30. The van der Waals surface area contributed by atoms with Gasteiger partial charge in [-0.1, -0.05) is 25.1 Å². The summed E-state index contributed by atoms with van der Waals surface area (Å²) >= 11 is 0. The summed E-state index contributed by atoms with van der Waals surface area (Å²) in [6, 6.07) is 13.8. The third kappa shape index (κ3) is 4.67. The van der Waals surface area contributed by atoms with Crippen LogP contribution in [0.4, 0.5) is 0 Å². The molecule has 0 saturated heterocycles. The molecule has 0 bridgehead atoms. The zero-order chi connectivity index (χ0) is 14.2. The molecule has 1 heterocycles. The number of aromatic hydroxyl groups is 1. The molecule has 2 N–H and O–H groups in total. The van der Waals surface area contributed by atoms with Crippen molar-refractivity contribution in [3.63, 3.8) is 0 Å². The van der Waals surface area contributed by atoms with Crippen molar-refractivity contribution in [3.8, 4) is 5.75 Å². The fraction of sp³-hybridized carbons (Fsp3) is 0.353. The molecule has 0 spiro atoms. The molecule has 0 aliphatic carbocycles. The van der Waals surface area contributed by atoms with Crippen LogP contribution in [-0.4, -0.2) is 22.7 Å². The highest BCUT2D eigenvalue weighted by Gasteiger charge is 2.11. The van der Waals surface area contributed by atoms with Crippen LogP contribution in [0.2, 0.25) is 0 Å². The number of aromatic nitrogens is 1. The van der Waals surface area contributed by atoms with Crippen LogP contribution in [0.25, 0.3) is 0 Å². The topological polar surface area (TPSA) is 45.1 Å². The summed E-state index contributed by atoms with van der Waals surface area (Å²) in [6.07, 6.45) is 4.74. The molecular formula is C17H22N2O. The molecule has 2 rings (SSSR count). The average Bonchev–Trinajstić information content (AvgIpc) is 2.46. The molecular weight excluding hydrogens is 248 g/mol. The van der Waals surface area contributed by atoms with E-state index in [1.54, 1.807) is 6.07 Å². The normalized spacial score (nSPS) is 12.2. The Morgan fingerprint density at radius 2 is 2.05 bits per heavy atom. The molecule has 3 nitrogen and oxygen atoms in total. The van der Waals surface area contributed by atoms with Gasteiger partial charge in [0, 0.05) is 24.4 Å². The summed E-state index contributed by atoms with van der Waals surface area (Å²) in [5.41, 5.74) is 2.25. The number of pyridine rings is 1. The van der Waals surface area contributed by atoms with Crippen LogP contribution in [0.5, 0.6) is 5.75 Å². The predicted octanol–water partition coefficient (Wildman–Crippen LogP) is 2.94. The zero-order valence-corrected chi connectivity index (χ0v) is 11.9. The second-order valence-corrected chi connectivity index (χ2v) is 5.05. The lowest BCUT2D eigenvalue weighted by atomic mass is 10.0. The molecule has 1 atom stereocenters. The van der Waals surface area contributed by atoms with Crippen LogP contribution < -0.4 is 5.32 Å². The van der Waals surface area contributed by atoms with Crippen molar-refractivity contribution >= 4 is 0 Å². The minimum absolute atomic E-state index is 0.328. The van der Waals surface area contributed by atoms with Gasteiger partial charge in [-0.2, -0.15) is 0 Å². The highest BCUT2D eigenvalue weighted by Crippen LogP contribution is 2.14. The van der Waals surface area contributed by atoms with Gasteiger partial charge in [0.15, 0.2) is 0 Å². The van der Waals surface area contributed by atoms with Gasteiger partial charge < -0.3 is 10.4 Å². The monoisotopic (exact) mass is 270 g/mol. The summed E-state index contributed by atoms with van der Waals surface area (Å²) in [5.74, 6) is 0.328. The van der Waals surface area contributed by atoms with E-state index in [1.807, 2.05) is 30.5 Å². The lowest BCUT2D eigenvalue weighted by molar-refractivity contribution is 0.471. The minimum Gasteiger partial charge on any atom is -0.508 e.